The molecule has 1 atom stereocenters. The Morgan fingerprint density at radius 3 is 1.33 bits per heavy atom. The molecule has 0 aliphatic carbocycles. The van der Waals surface area contributed by atoms with Gasteiger partial charge < -0.3 is 10.4 Å². The lowest BCUT2D eigenvalue weighted by Crippen LogP contribution is -2.35. The van der Waals surface area contributed by atoms with Crippen LogP contribution in [0.5, 0.6) is 0 Å². The van der Waals surface area contributed by atoms with E-state index in [1.807, 2.05) is 13.8 Å². The average molecular weight is 263 g/mol. The Morgan fingerprint density at radius 1 is 1.11 bits per heavy atom. The zero-order chi connectivity index (χ0) is 16.0. The van der Waals surface area contributed by atoms with Crippen molar-refractivity contribution < 1.29 is 9.90 Å². The molecule has 0 aromatic carbocycles. The Morgan fingerprint density at radius 2 is 1.33 bits per heavy atom. The Balaban J connectivity index is -0.0000000473. The van der Waals surface area contributed by atoms with Crippen LogP contribution in [0.15, 0.2) is 13.2 Å². The second kappa shape index (κ2) is 44.1. The molecule has 3 nitrogen and oxygen atoms in total. The summed E-state index contributed by atoms with van der Waals surface area (Å²) < 4.78 is 0. The summed E-state index contributed by atoms with van der Waals surface area (Å²) in [6.45, 7) is 19.8. The first kappa shape index (κ1) is 30.4. The molecule has 2 N–H and O–H groups in total. The van der Waals surface area contributed by atoms with Gasteiger partial charge in [-0.25, -0.2) is 0 Å². The van der Waals surface area contributed by atoms with Crippen LogP contribution in [0.1, 0.15) is 61.3 Å². The van der Waals surface area contributed by atoms with E-state index < -0.39 is 0 Å². The average Bonchev–Trinajstić information content (AvgIpc) is 2.37. The van der Waals surface area contributed by atoms with Gasteiger partial charge in [-0.2, -0.15) is 0 Å². The zero-order valence-corrected chi connectivity index (χ0v) is 14.0. The molecular formula is C15H37NO2. The number of nitrogens with one attached hydrogen (secondary N) is 1. The molecule has 0 aromatic rings. The first-order valence-electron chi connectivity index (χ1n) is 6.83. The van der Waals surface area contributed by atoms with Crippen LogP contribution in [0.4, 0.5) is 0 Å². The Hall–Kier alpha value is -0.670. The van der Waals surface area contributed by atoms with E-state index in [0.29, 0.717) is 0 Å². The third-order valence-electron chi connectivity index (χ3n) is 1.02. The SMILES string of the molecule is C=C.CC.CCC.CCC.CN[C@@H](CO)C(C)=O. The number of hydrogen-bond acceptors (Lipinski definition) is 3. The van der Waals surface area contributed by atoms with E-state index in [2.05, 4.69) is 46.2 Å². The van der Waals surface area contributed by atoms with Gasteiger partial charge in [-0.3, -0.25) is 4.79 Å². The molecule has 0 bridgehead atoms. The molecule has 114 valence electrons. The highest BCUT2D eigenvalue weighted by molar-refractivity contribution is 5.81. The lowest BCUT2D eigenvalue weighted by atomic mass is 10.2. The number of ketones is 1. The van der Waals surface area contributed by atoms with E-state index in [-0.39, 0.29) is 18.4 Å². The number of aliphatic hydroxyl groups excluding tert-OH is 1. The Labute approximate surface area is 116 Å². The standard InChI is InChI=1S/C5H11NO2.2C3H8.C2H6.C2H4/c1-4(8)5(3-7)6-2;2*1-3-2;2*1-2/h5-7H,3H2,1-2H3;2*3H2,1-2H3;1-2H3;1-2H2/t5-;;;;/m0..../s1. The predicted octanol–water partition coefficient (Wildman–Crippen LogP) is 3.82. The highest BCUT2D eigenvalue weighted by Crippen LogP contribution is 1.79. The van der Waals surface area contributed by atoms with Crippen molar-refractivity contribution in [2.24, 2.45) is 0 Å². The molecule has 0 rings (SSSR count). The fraction of sp³-hybridized carbons (Fsp3) is 0.800. The number of likely N-dealkylation sites (N-methyl/N-ethyl adjacent to an activating group) is 1. The molecule has 18 heavy (non-hydrogen) atoms. The zero-order valence-electron chi connectivity index (χ0n) is 14.0. The van der Waals surface area contributed by atoms with Crippen molar-refractivity contribution in [3.63, 3.8) is 0 Å². The van der Waals surface area contributed by atoms with Gasteiger partial charge in [0.05, 0.1) is 12.6 Å². The van der Waals surface area contributed by atoms with Crippen LogP contribution in [0.2, 0.25) is 0 Å². The molecule has 0 heterocycles. The van der Waals surface area contributed by atoms with E-state index in [1.54, 1.807) is 7.05 Å². The van der Waals surface area contributed by atoms with Crippen LogP contribution >= 0.6 is 0 Å². The largest absolute Gasteiger partial charge is 0.394 e. The minimum Gasteiger partial charge on any atom is -0.394 e. The van der Waals surface area contributed by atoms with Crippen molar-refractivity contribution in [1.29, 1.82) is 0 Å². The molecule has 0 spiro atoms. The molecule has 0 aliphatic rings. The molecule has 0 unspecified atom stereocenters. The highest BCUT2D eigenvalue weighted by Gasteiger charge is 2.07. The van der Waals surface area contributed by atoms with E-state index in [4.69, 9.17) is 5.11 Å². The van der Waals surface area contributed by atoms with E-state index in [9.17, 15) is 4.79 Å². The minimum absolute atomic E-state index is 0.0324. The second-order valence-electron chi connectivity index (χ2n) is 3.05. The molecule has 0 radical (unpaired) electrons. The number of carbonyl (C=O) groups excluding carboxylic acids is 1. The smallest absolute Gasteiger partial charge is 0.149 e. The van der Waals surface area contributed by atoms with Gasteiger partial charge in [-0.1, -0.05) is 54.4 Å². The summed E-state index contributed by atoms with van der Waals surface area (Å²) in [7, 11) is 1.64. The molecule has 3 heteroatoms. The lowest BCUT2D eigenvalue weighted by Gasteiger charge is -2.06. The third kappa shape index (κ3) is 58.6. The summed E-state index contributed by atoms with van der Waals surface area (Å²) in [5.41, 5.74) is 0. The van der Waals surface area contributed by atoms with Crippen molar-refractivity contribution in [3.8, 4) is 0 Å². The third-order valence-corrected chi connectivity index (χ3v) is 1.02. The summed E-state index contributed by atoms with van der Waals surface area (Å²) in [5, 5.41) is 11.1. The van der Waals surface area contributed by atoms with Gasteiger partial charge in [0.2, 0.25) is 0 Å². The van der Waals surface area contributed by atoms with Gasteiger partial charge in [0.1, 0.15) is 5.78 Å². The maximum Gasteiger partial charge on any atom is 0.149 e. The van der Waals surface area contributed by atoms with E-state index in [0.717, 1.165) is 0 Å². The molecule has 0 amide bonds. The van der Waals surface area contributed by atoms with Crippen LogP contribution in [0.25, 0.3) is 0 Å². The quantitative estimate of drug-likeness (QED) is 0.761. The summed E-state index contributed by atoms with van der Waals surface area (Å²) in [5.74, 6) is -0.0324. The fourth-order valence-electron chi connectivity index (χ4n) is 0.423. The normalized spacial score (nSPS) is 8.50. The number of hydrogen-bond donors (Lipinski definition) is 2. The van der Waals surface area contributed by atoms with Crippen molar-refractivity contribution in [2.45, 2.75) is 67.3 Å². The molecular weight excluding hydrogens is 226 g/mol. The highest BCUT2D eigenvalue weighted by atomic mass is 16.3. The monoisotopic (exact) mass is 263 g/mol. The van der Waals surface area contributed by atoms with Gasteiger partial charge in [0.25, 0.3) is 0 Å². The van der Waals surface area contributed by atoms with Gasteiger partial charge in [0, 0.05) is 0 Å². The first-order valence-corrected chi connectivity index (χ1v) is 6.83. The lowest BCUT2D eigenvalue weighted by molar-refractivity contribution is -0.119. The van der Waals surface area contributed by atoms with Crippen molar-refractivity contribution in [2.75, 3.05) is 13.7 Å². The van der Waals surface area contributed by atoms with Gasteiger partial charge >= 0.3 is 0 Å². The molecule has 0 saturated heterocycles. The van der Waals surface area contributed by atoms with Crippen molar-refractivity contribution in [3.05, 3.63) is 13.2 Å². The number of carbonyl (C=O) groups is 1. The predicted molar refractivity (Wildman–Crippen MR) is 85.1 cm³/mol. The van der Waals surface area contributed by atoms with E-state index >= 15 is 0 Å². The van der Waals surface area contributed by atoms with Crippen LogP contribution < -0.4 is 5.32 Å². The van der Waals surface area contributed by atoms with Crippen LogP contribution in [-0.4, -0.2) is 30.6 Å². The first-order chi connectivity index (χ1) is 8.55. The molecule has 0 aromatic heterocycles. The van der Waals surface area contributed by atoms with Gasteiger partial charge in [0.15, 0.2) is 0 Å². The summed E-state index contributed by atoms with van der Waals surface area (Å²) >= 11 is 0. The fourth-order valence-corrected chi connectivity index (χ4v) is 0.423. The van der Waals surface area contributed by atoms with Gasteiger partial charge in [-0.05, 0) is 14.0 Å². The minimum atomic E-state index is -0.380. The summed E-state index contributed by atoms with van der Waals surface area (Å²) in [4.78, 5) is 10.4. The maximum atomic E-state index is 10.4. The maximum absolute atomic E-state index is 10.4. The Bertz CT molecular complexity index is 111. The topological polar surface area (TPSA) is 49.3 Å². The number of Topliss-reactive ketones (excluding diaryl/α,β-unsaturated/α-hetero) is 1. The second-order valence-corrected chi connectivity index (χ2v) is 3.05. The van der Waals surface area contributed by atoms with Crippen molar-refractivity contribution in [1.82, 2.24) is 5.32 Å². The van der Waals surface area contributed by atoms with E-state index in [1.165, 1.54) is 19.8 Å². The molecule has 0 fully saturated rings. The summed E-state index contributed by atoms with van der Waals surface area (Å²) in [6.07, 6.45) is 2.50. The van der Waals surface area contributed by atoms with Crippen molar-refractivity contribution >= 4 is 5.78 Å². The van der Waals surface area contributed by atoms with Crippen LogP contribution in [-0.2, 0) is 4.79 Å². The number of aliphatic hydroxyl groups is 1. The van der Waals surface area contributed by atoms with Crippen LogP contribution in [0, 0.1) is 0 Å². The number of rotatable bonds is 3. The van der Waals surface area contributed by atoms with Gasteiger partial charge in [-0.15, -0.1) is 13.2 Å². The summed E-state index contributed by atoms with van der Waals surface area (Å²) in [6, 6.07) is -0.380. The Kier molecular flexibility index (Phi) is 74.5. The molecule has 0 saturated carbocycles. The molecule has 0 aliphatic heterocycles. The van der Waals surface area contributed by atoms with Crippen LogP contribution in [0.3, 0.4) is 0 Å².